The van der Waals surface area contributed by atoms with Crippen molar-refractivity contribution in [1.29, 1.82) is 0 Å². The normalized spacial score (nSPS) is 34.6. The third kappa shape index (κ3) is 2.03. The Morgan fingerprint density at radius 3 is 3.00 bits per heavy atom. The lowest BCUT2D eigenvalue weighted by Crippen LogP contribution is -2.37. The molecule has 2 saturated heterocycles. The van der Waals surface area contributed by atoms with Gasteiger partial charge in [0.05, 0.1) is 0 Å². The summed E-state index contributed by atoms with van der Waals surface area (Å²) in [6.45, 7) is 0. The number of halogens is 1. The molecular formula is C11H12ClN2O2S2+. The van der Waals surface area contributed by atoms with Crippen molar-refractivity contribution in [3.63, 3.8) is 0 Å². The lowest BCUT2D eigenvalue weighted by atomic mass is 10.1. The average Bonchev–Trinajstić information content (AvgIpc) is 2.68. The molecule has 2 heterocycles. The second kappa shape index (κ2) is 4.16. The van der Waals surface area contributed by atoms with Gasteiger partial charge in [0.25, 0.3) is 0 Å². The zero-order valence-electron chi connectivity index (χ0n) is 9.38. The molecule has 0 spiro atoms. The molecule has 0 bridgehead atoms. The van der Waals surface area contributed by atoms with Gasteiger partial charge >= 0.3 is 0 Å². The first-order chi connectivity index (χ1) is 8.46. The van der Waals surface area contributed by atoms with E-state index in [4.69, 9.17) is 23.8 Å². The van der Waals surface area contributed by atoms with E-state index in [0.29, 0.717) is 10.1 Å². The molecule has 0 saturated carbocycles. The fraction of sp³-hybridized carbons (Fsp3) is 0.364. The lowest BCUT2D eigenvalue weighted by molar-refractivity contribution is 0.502. The maximum absolute atomic E-state index is 11.8. The van der Waals surface area contributed by atoms with Crippen molar-refractivity contribution in [2.45, 2.75) is 12.1 Å². The van der Waals surface area contributed by atoms with Gasteiger partial charge in [-0.1, -0.05) is 21.9 Å². The molecule has 2 aliphatic rings. The van der Waals surface area contributed by atoms with Gasteiger partial charge in [-0.3, -0.25) is 0 Å². The van der Waals surface area contributed by atoms with Crippen LogP contribution in [0.25, 0.3) is 0 Å². The Morgan fingerprint density at radius 1 is 1.50 bits per heavy atom. The maximum atomic E-state index is 11.8. The van der Waals surface area contributed by atoms with Gasteiger partial charge in [-0.15, -0.1) is 0 Å². The number of fused-ring (bicyclic) bond motifs is 1. The zero-order valence-corrected chi connectivity index (χ0v) is 11.8. The smallest absolute Gasteiger partial charge is 0.218 e. The highest BCUT2D eigenvalue weighted by molar-refractivity contribution is 7.98. The van der Waals surface area contributed by atoms with Gasteiger partial charge in [0.1, 0.15) is 12.1 Å². The van der Waals surface area contributed by atoms with E-state index in [1.54, 1.807) is 6.07 Å². The van der Waals surface area contributed by atoms with Crippen molar-refractivity contribution in [2.75, 3.05) is 16.4 Å². The highest BCUT2D eigenvalue weighted by atomic mass is 35.5. The van der Waals surface area contributed by atoms with Crippen LogP contribution < -0.4 is 10.2 Å². The molecule has 2 N–H and O–H groups in total. The largest absolute Gasteiger partial charge is 0.352 e. The van der Waals surface area contributed by atoms with Gasteiger partial charge in [-0.05, 0) is 30.4 Å². The van der Waals surface area contributed by atoms with Crippen LogP contribution in [-0.2, 0) is 14.4 Å². The van der Waals surface area contributed by atoms with Crippen LogP contribution in [0.15, 0.2) is 24.3 Å². The molecule has 0 amide bonds. The van der Waals surface area contributed by atoms with E-state index in [-0.39, 0.29) is 23.6 Å². The van der Waals surface area contributed by atoms with Crippen LogP contribution in [0, 0.1) is 0 Å². The predicted octanol–water partition coefficient (Wildman–Crippen LogP) is 1.76. The SMILES string of the molecule is O=[S+]1(O)C[C@H]2NC(=S)N(c3cccc(Cl)c3)[C@H]2C1. The van der Waals surface area contributed by atoms with Crippen LogP contribution >= 0.6 is 23.8 Å². The van der Waals surface area contributed by atoms with E-state index >= 15 is 0 Å². The topological polar surface area (TPSA) is 52.6 Å². The first-order valence-electron chi connectivity index (χ1n) is 5.53. The Labute approximate surface area is 117 Å². The van der Waals surface area contributed by atoms with Crippen molar-refractivity contribution < 1.29 is 8.76 Å². The quantitative estimate of drug-likeness (QED) is 0.611. The minimum absolute atomic E-state index is 0.0472. The molecule has 1 unspecified atom stereocenters. The molecule has 0 radical (unpaired) electrons. The molecule has 96 valence electrons. The van der Waals surface area contributed by atoms with Gasteiger partial charge in [0.15, 0.2) is 16.6 Å². The summed E-state index contributed by atoms with van der Waals surface area (Å²) < 4.78 is 21.5. The van der Waals surface area contributed by atoms with E-state index in [9.17, 15) is 8.76 Å². The monoisotopic (exact) mass is 303 g/mol. The summed E-state index contributed by atoms with van der Waals surface area (Å²) in [7, 11) is -2.73. The van der Waals surface area contributed by atoms with Crippen LogP contribution in [-0.4, -0.2) is 33.3 Å². The number of hydrogen-bond donors (Lipinski definition) is 2. The Kier molecular flexibility index (Phi) is 2.85. The molecule has 1 aromatic carbocycles. The molecule has 2 fully saturated rings. The van der Waals surface area contributed by atoms with Crippen molar-refractivity contribution >= 4 is 44.8 Å². The van der Waals surface area contributed by atoms with E-state index in [0.717, 1.165) is 5.69 Å². The summed E-state index contributed by atoms with van der Waals surface area (Å²) in [5.74, 6) is 0.506. The van der Waals surface area contributed by atoms with E-state index in [2.05, 4.69) is 5.32 Å². The maximum Gasteiger partial charge on any atom is 0.218 e. The van der Waals surface area contributed by atoms with Gasteiger partial charge in [0, 0.05) is 10.7 Å². The summed E-state index contributed by atoms with van der Waals surface area (Å²) >= 11 is 11.3. The van der Waals surface area contributed by atoms with Crippen LogP contribution in [0.4, 0.5) is 5.69 Å². The summed E-state index contributed by atoms with van der Waals surface area (Å²) in [5.41, 5.74) is 0.865. The van der Waals surface area contributed by atoms with Gasteiger partial charge in [0.2, 0.25) is 10.2 Å². The van der Waals surface area contributed by atoms with Crippen molar-refractivity contribution in [2.24, 2.45) is 0 Å². The molecule has 3 atom stereocenters. The van der Waals surface area contributed by atoms with Crippen molar-refractivity contribution in [3.05, 3.63) is 29.3 Å². The minimum Gasteiger partial charge on any atom is -0.352 e. The Bertz CT molecular complexity index is 566. The van der Waals surface area contributed by atoms with E-state index in [1.165, 1.54) is 0 Å². The van der Waals surface area contributed by atoms with Gasteiger partial charge < -0.3 is 10.2 Å². The Balaban J connectivity index is 1.97. The van der Waals surface area contributed by atoms with Crippen molar-refractivity contribution in [1.82, 2.24) is 5.32 Å². The van der Waals surface area contributed by atoms with Gasteiger partial charge in [-0.25, -0.2) is 0 Å². The molecule has 0 aromatic heterocycles. The molecule has 3 rings (SSSR count). The number of nitrogens with zero attached hydrogens (tertiary/aromatic N) is 1. The van der Waals surface area contributed by atoms with Crippen molar-refractivity contribution in [3.8, 4) is 0 Å². The second-order valence-electron chi connectivity index (χ2n) is 4.58. The zero-order chi connectivity index (χ0) is 12.9. The number of rotatable bonds is 1. The molecule has 7 heteroatoms. The summed E-state index contributed by atoms with van der Waals surface area (Å²) in [6.07, 6.45) is 0. The standard InChI is InChI=1S/C11H11ClN2O2S2/c12-7-2-1-3-8(4-7)14-10-6-18(15,16)5-9(10)13-11(14)17/h1-4,9-10H,5-6H2,(H-,13,15,16,17)/p+1/t9-,10+/m1/s1. The van der Waals surface area contributed by atoms with Crippen LogP contribution in [0.5, 0.6) is 0 Å². The molecular weight excluding hydrogens is 292 g/mol. The number of hydrogen-bond acceptors (Lipinski definition) is 2. The summed E-state index contributed by atoms with van der Waals surface area (Å²) in [6, 6.07) is 7.25. The van der Waals surface area contributed by atoms with Gasteiger partial charge in [-0.2, -0.15) is 4.55 Å². The molecule has 2 aliphatic heterocycles. The first kappa shape index (κ1) is 12.3. The molecule has 18 heavy (non-hydrogen) atoms. The van der Waals surface area contributed by atoms with E-state index in [1.807, 2.05) is 23.1 Å². The fourth-order valence-corrected chi connectivity index (χ4v) is 5.04. The highest BCUT2D eigenvalue weighted by Crippen LogP contribution is 2.32. The summed E-state index contributed by atoms with van der Waals surface area (Å²) in [5, 5.41) is 4.34. The second-order valence-corrected chi connectivity index (χ2v) is 7.61. The minimum atomic E-state index is -2.73. The molecule has 1 aromatic rings. The first-order valence-corrected chi connectivity index (χ1v) is 8.17. The Hall–Kier alpha value is -0.690. The fourth-order valence-electron chi connectivity index (χ4n) is 2.55. The van der Waals surface area contributed by atoms with Crippen LogP contribution in [0.3, 0.4) is 0 Å². The predicted molar refractivity (Wildman–Crippen MR) is 77.7 cm³/mol. The number of thiocarbonyl (C=S) groups is 1. The third-order valence-corrected chi connectivity index (χ3v) is 5.57. The van der Waals surface area contributed by atoms with Crippen LogP contribution in [0.2, 0.25) is 5.02 Å². The number of benzene rings is 1. The highest BCUT2D eigenvalue weighted by Gasteiger charge is 2.54. The number of anilines is 1. The Morgan fingerprint density at radius 2 is 2.28 bits per heavy atom. The van der Waals surface area contributed by atoms with Crippen LogP contribution in [0.1, 0.15) is 0 Å². The summed E-state index contributed by atoms with van der Waals surface area (Å²) in [4.78, 5) is 1.90. The molecule has 4 nitrogen and oxygen atoms in total. The number of nitrogens with one attached hydrogen (secondary N) is 1. The lowest BCUT2D eigenvalue weighted by Gasteiger charge is -2.22. The molecule has 0 aliphatic carbocycles. The average molecular weight is 304 g/mol. The van der Waals surface area contributed by atoms with E-state index < -0.39 is 10.2 Å². The third-order valence-electron chi connectivity index (χ3n) is 3.28.